The monoisotopic (exact) mass is 355 g/mol. The fourth-order valence-electron chi connectivity index (χ4n) is 4.04. The van der Waals surface area contributed by atoms with E-state index in [1.165, 1.54) is 16.6 Å². The van der Waals surface area contributed by atoms with E-state index >= 15 is 0 Å². The van der Waals surface area contributed by atoms with Crippen LogP contribution in [0, 0.1) is 6.92 Å². The molecule has 1 aliphatic rings. The molecule has 1 aliphatic heterocycles. The van der Waals surface area contributed by atoms with Gasteiger partial charge in [0.05, 0.1) is 0 Å². The quantitative estimate of drug-likeness (QED) is 0.566. The Kier molecular flexibility index (Phi) is 3.64. The molecule has 0 spiro atoms. The average molecular weight is 355 g/mol. The summed E-state index contributed by atoms with van der Waals surface area (Å²) in [5.74, 6) is 0.0966. The van der Waals surface area contributed by atoms with Gasteiger partial charge >= 0.3 is 0 Å². The number of rotatable bonds is 2. The lowest BCUT2D eigenvalue weighted by atomic mass is 10.0. The van der Waals surface area contributed by atoms with Crippen LogP contribution in [0.2, 0.25) is 0 Å². The highest BCUT2D eigenvalue weighted by Crippen LogP contribution is 2.28. The number of hydrogen-bond donors (Lipinski definition) is 1. The Bertz CT molecular complexity index is 1140. The first-order valence-electron chi connectivity index (χ1n) is 9.32. The van der Waals surface area contributed by atoms with E-state index in [0.29, 0.717) is 6.54 Å². The number of aromatic amines is 1. The van der Waals surface area contributed by atoms with E-state index in [9.17, 15) is 4.79 Å². The van der Waals surface area contributed by atoms with Gasteiger partial charge in [0, 0.05) is 65.3 Å². The number of carbonyl (C=O) groups excluding carboxylic acids is 1. The maximum Gasteiger partial charge on any atom is 0.254 e. The van der Waals surface area contributed by atoms with Gasteiger partial charge in [-0.15, -0.1) is 0 Å². The molecule has 1 amide bonds. The summed E-state index contributed by atoms with van der Waals surface area (Å²) in [7, 11) is 0. The van der Waals surface area contributed by atoms with Crippen LogP contribution in [-0.4, -0.2) is 26.9 Å². The summed E-state index contributed by atoms with van der Waals surface area (Å²) < 4.78 is 2.06. The molecule has 0 radical (unpaired) electrons. The predicted molar refractivity (Wildman–Crippen MR) is 107 cm³/mol. The van der Waals surface area contributed by atoms with Crippen LogP contribution in [0.25, 0.3) is 16.6 Å². The Morgan fingerprint density at radius 1 is 1.04 bits per heavy atom. The second kappa shape index (κ2) is 6.16. The van der Waals surface area contributed by atoms with E-state index in [2.05, 4.69) is 34.7 Å². The van der Waals surface area contributed by atoms with Crippen LogP contribution in [0.15, 0.2) is 67.0 Å². The van der Waals surface area contributed by atoms with Crippen LogP contribution >= 0.6 is 0 Å². The molecule has 0 atom stereocenters. The molecular weight excluding hydrogens is 334 g/mol. The van der Waals surface area contributed by atoms with E-state index in [0.717, 1.165) is 35.3 Å². The Morgan fingerprint density at radius 2 is 1.85 bits per heavy atom. The van der Waals surface area contributed by atoms with Gasteiger partial charge in [0.2, 0.25) is 0 Å². The molecule has 0 aliphatic carbocycles. The summed E-state index contributed by atoms with van der Waals surface area (Å²) in [5.41, 5.74) is 6.62. The first kappa shape index (κ1) is 15.9. The number of aryl methyl sites for hydroxylation is 1. The zero-order chi connectivity index (χ0) is 18.4. The van der Waals surface area contributed by atoms with Gasteiger partial charge in [-0.2, -0.15) is 0 Å². The maximum absolute atomic E-state index is 13.2. The molecule has 0 saturated heterocycles. The van der Waals surface area contributed by atoms with Crippen molar-refractivity contribution in [3.63, 3.8) is 0 Å². The average Bonchev–Trinajstić information content (AvgIpc) is 3.35. The third-order valence-electron chi connectivity index (χ3n) is 5.51. The highest BCUT2D eigenvalue weighted by atomic mass is 16.2. The summed E-state index contributed by atoms with van der Waals surface area (Å²) in [6.45, 7) is 3.47. The number of hydrogen-bond acceptors (Lipinski definition) is 1. The van der Waals surface area contributed by atoms with Crippen molar-refractivity contribution in [2.24, 2.45) is 0 Å². The van der Waals surface area contributed by atoms with E-state index < -0.39 is 0 Å². The first-order chi connectivity index (χ1) is 13.2. The molecule has 2 aromatic carbocycles. The zero-order valence-electron chi connectivity index (χ0n) is 15.3. The molecule has 1 N–H and O–H groups in total. The highest BCUT2D eigenvalue weighted by Gasteiger charge is 2.25. The molecule has 27 heavy (non-hydrogen) atoms. The minimum atomic E-state index is 0.0966. The Morgan fingerprint density at radius 3 is 2.70 bits per heavy atom. The van der Waals surface area contributed by atoms with Crippen molar-refractivity contribution in [3.8, 4) is 5.69 Å². The number of aromatic nitrogens is 2. The van der Waals surface area contributed by atoms with E-state index in [1.54, 1.807) is 0 Å². The molecule has 3 heterocycles. The molecule has 0 fully saturated rings. The lowest BCUT2D eigenvalue weighted by molar-refractivity contribution is 0.0735. The maximum atomic E-state index is 13.2. The second-order valence-corrected chi connectivity index (χ2v) is 7.20. The van der Waals surface area contributed by atoms with E-state index in [1.807, 2.05) is 53.7 Å². The topological polar surface area (TPSA) is 41.0 Å². The van der Waals surface area contributed by atoms with Crippen molar-refractivity contribution >= 4 is 16.8 Å². The fourth-order valence-corrected chi connectivity index (χ4v) is 4.04. The number of nitrogens with one attached hydrogen (secondary N) is 1. The molecule has 0 unspecified atom stereocenters. The predicted octanol–water partition coefficient (Wildman–Crippen LogP) is 4.47. The van der Waals surface area contributed by atoms with Crippen LogP contribution in [0.1, 0.15) is 27.2 Å². The van der Waals surface area contributed by atoms with Crippen LogP contribution in [0.4, 0.5) is 0 Å². The van der Waals surface area contributed by atoms with Crippen molar-refractivity contribution in [2.75, 3.05) is 6.54 Å². The van der Waals surface area contributed by atoms with Gasteiger partial charge in [0.25, 0.3) is 5.91 Å². The number of nitrogens with zero attached hydrogens (tertiary/aromatic N) is 2. The van der Waals surface area contributed by atoms with E-state index in [-0.39, 0.29) is 5.91 Å². The lowest BCUT2D eigenvalue weighted by Crippen LogP contribution is -2.35. The van der Waals surface area contributed by atoms with Crippen molar-refractivity contribution in [2.45, 2.75) is 19.9 Å². The van der Waals surface area contributed by atoms with Crippen molar-refractivity contribution in [1.29, 1.82) is 0 Å². The molecule has 134 valence electrons. The molecular formula is C23H21N3O. The summed E-state index contributed by atoms with van der Waals surface area (Å²) in [5, 5.41) is 1.22. The molecule has 4 aromatic rings. The van der Waals surface area contributed by atoms with Crippen molar-refractivity contribution in [3.05, 3.63) is 89.4 Å². The fraction of sp³-hybridized carbons (Fsp3) is 0.174. The molecule has 0 bridgehead atoms. The minimum absolute atomic E-state index is 0.0966. The third-order valence-corrected chi connectivity index (χ3v) is 5.51. The van der Waals surface area contributed by atoms with Crippen LogP contribution < -0.4 is 0 Å². The zero-order valence-corrected chi connectivity index (χ0v) is 15.3. The SMILES string of the molecule is Cc1ccc(C(=O)N2CCc3[nH]c4ccccc4c3C2)cc1-n1cccc1. The number of benzene rings is 2. The summed E-state index contributed by atoms with van der Waals surface area (Å²) in [6.07, 6.45) is 4.89. The number of amides is 1. The molecule has 5 rings (SSSR count). The van der Waals surface area contributed by atoms with Crippen LogP contribution in [0.3, 0.4) is 0 Å². The Hall–Kier alpha value is -3.27. The number of para-hydroxylation sites is 1. The van der Waals surface area contributed by atoms with Crippen LogP contribution in [0.5, 0.6) is 0 Å². The second-order valence-electron chi connectivity index (χ2n) is 7.20. The van der Waals surface area contributed by atoms with Gasteiger partial charge < -0.3 is 14.5 Å². The van der Waals surface area contributed by atoms with Gasteiger partial charge in [0.1, 0.15) is 0 Å². The summed E-state index contributed by atoms with van der Waals surface area (Å²) >= 11 is 0. The van der Waals surface area contributed by atoms with Crippen molar-refractivity contribution < 1.29 is 4.79 Å². The summed E-state index contributed by atoms with van der Waals surface area (Å²) in [4.78, 5) is 18.7. The number of fused-ring (bicyclic) bond motifs is 3. The van der Waals surface area contributed by atoms with E-state index in [4.69, 9.17) is 0 Å². The number of carbonyl (C=O) groups is 1. The largest absolute Gasteiger partial charge is 0.358 e. The molecule has 2 aromatic heterocycles. The lowest BCUT2D eigenvalue weighted by Gasteiger charge is -2.27. The van der Waals surface area contributed by atoms with Gasteiger partial charge in [-0.3, -0.25) is 4.79 Å². The Labute approximate surface area is 158 Å². The van der Waals surface area contributed by atoms with Gasteiger partial charge in [-0.1, -0.05) is 24.3 Å². The van der Waals surface area contributed by atoms with Gasteiger partial charge in [-0.25, -0.2) is 0 Å². The minimum Gasteiger partial charge on any atom is -0.358 e. The first-order valence-corrected chi connectivity index (χ1v) is 9.32. The standard InChI is InChI=1S/C23H21N3O/c1-16-8-9-17(14-22(16)25-11-4-5-12-25)23(27)26-13-10-21-19(15-26)18-6-2-3-7-20(18)24-21/h2-9,11-12,14,24H,10,13,15H2,1H3. The normalized spacial score (nSPS) is 13.7. The van der Waals surface area contributed by atoms with Gasteiger partial charge in [0.15, 0.2) is 0 Å². The summed E-state index contributed by atoms with van der Waals surface area (Å²) in [6, 6.07) is 18.3. The number of H-pyrrole nitrogens is 1. The highest BCUT2D eigenvalue weighted by molar-refractivity contribution is 5.95. The smallest absolute Gasteiger partial charge is 0.254 e. The molecule has 4 nitrogen and oxygen atoms in total. The van der Waals surface area contributed by atoms with Gasteiger partial charge in [-0.05, 0) is 42.8 Å². The molecule has 4 heteroatoms. The Balaban J connectivity index is 1.48. The molecule has 0 saturated carbocycles. The third kappa shape index (κ3) is 2.65. The van der Waals surface area contributed by atoms with Crippen molar-refractivity contribution in [1.82, 2.24) is 14.5 Å². The van der Waals surface area contributed by atoms with Crippen LogP contribution in [-0.2, 0) is 13.0 Å².